The highest BCUT2D eigenvalue weighted by Gasteiger charge is 2.18. The molecule has 2 nitrogen and oxygen atoms in total. The van der Waals surface area contributed by atoms with Gasteiger partial charge in [0.1, 0.15) is 0 Å². The van der Waals surface area contributed by atoms with E-state index < -0.39 is 0 Å². The molecule has 1 saturated heterocycles. The molecule has 0 spiro atoms. The number of halogens is 1. The third kappa shape index (κ3) is 5.55. The molecular formula is C12H23ClN2. The second-order valence-electron chi connectivity index (χ2n) is 4.89. The van der Waals surface area contributed by atoms with Gasteiger partial charge in [0.25, 0.3) is 0 Å². The zero-order valence-electron chi connectivity index (χ0n) is 9.93. The molecule has 0 bridgehead atoms. The molecule has 0 aromatic heterocycles. The van der Waals surface area contributed by atoms with Gasteiger partial charge in [0.15, 0.2) is 0 Å². The Bertz CT molecular complexity index is 204. The van der Waals surface area contributed by atoms with E-state index in [0.717, 1.165) is 37.1 Å². The SMILES string of the molecule is C=C(Cl)CN1CCCNC(CC(C)C)C1. The average molecular weight is 231 g/mol. The second kappa shape index (κ2) is 6.51. The molecule has 1 heterocycles. The van der Waals surface area contributed by atoms with E-state index in [0.29, 0.717) is 6.04 Å². The maximum Gasteiger partial charge on any atom is 0.0336 e. The molecule has 1 aliphatic rings. The van der Waals surface area contributed by atoms with E-state index in [4.69, 9.17) is 11.6 Å². The summed E-state index contributed by atoms with van der Waals surface area (Å²) in [6.07, 6.45) is 2.45. The predicted octanol–water partition coefficient (Wildman–Crippen LogP) is 2.45. The molecule has 1 N–H and O–H groups in total. The summed E-state index contributed by atoms with van der Waals surface area (Å²) in [6.45, 7) is 12.5. The van der Waals surface area contributed by atoms with Crippen LogP contribution in [0.3, 0.4) is 0 Å². The molecule has 0 aromatic carbocycles. The Labute approximate surface area is 98.7 Å². The Hall–Kier alpha value is -0.0500. The van der Waals surface area contributed by atoms with E-state index in [9.17, 15) is 0 Å². The molecule has 1 rings (SSSR count). The van der Waals surface area contributed by atoms with E-state index in [1.54, 1.807) is 0 Å². The molecule has 88 valence electrons. The average Bonchev–Trinajstić information content (AvgIpc) is 2.28. The summed E-state index contributed by atoms with van der Waals surface area (Å²) in [6, 6.07) is 0.614. The lowest BCUT2D eigenvalue weighted by Gasteiger charge is -2.25. The summed E-state index contributed by atoms with van der Waals surface area (Å²) < 4.78 is 0. The van der Waals surface area contributed by atoms with Crippen molar-refractivity contribution in [1.82, 2.24) is 10.2 Å². The van der Waals surface area contributed by atoms with Gasteiger partial charge in [-0.15, -0.1) is 0 Å². The van der Waals surface area contributed by atoms with Crippen LogP contribution in [0, 0.1) is 5.92 Å². The first-order valence-corrected chi connectivity index (χ1v) is 6.24. The lowest BCUT2D eigenvalue weighted by atomic mass is 10.0. The van der Waals surface area contributed by atoms with Crippen LogP contribution in [-0.2, 0) is 0 Å². The summed E-state index contributed by atoms with van der Waals surface area (Å²) in [5.74, 6) is 0.752. The van der Waals surface area contributed by atoms with Crippen molar-refractivity contribution in [3.63, 3.8) is 0 Å². The van der Waals surface area contributed by atoms with E-state index in [1.807, 2.05) is 0 Å². The van der Waals surface area contributed by atoms with Crippen molar-refractivity contribution < 1.29 is 0 Å². The van der Waals surface area contributed by atoms with Crippen molar-refractivity contribution in [3.05, 3.63) is 11.6 Å². The number of nitrogens with one attached hydrogen (secondary N) is 1. The van der Waals surface area contributed by atoms with Crippen molar-refractivity contribution in [2.75, 3.05) is 26.2 Å². The Kier molecular flexibility index (Phi) is 5.65. The second-order valence-corrected chi connectivity index (χ2v) is 5.42. The van der Waals surface area contributed by atoms with Crippen LogP contribution in [0.15, 0.2) is 11.6 Å². The number of hydrogen-bond donors (Lipinski definition) is 1. The van der Waals surface area contributed by atoms with E-state index in [1.165, 1.54) is 12.8 Å². The lowest BCUT2D eigenvalue weighted by Crippen LogP contribution is -2.38. The third-order valence-electron chi connectivity index (χ3n) is 2.71. The minimum Gasteiger partial charge on any atom is -0.313 e. The molecule has 0 aliphatic carbocycles. The molecule has 0 amide bonds. The summed E-state index contributed by atoms with van der Waals surface area (Å²) >= 11 is 5.86. The van der Waals surface area contributed by atoms with Crippen LogP contribution >= 0.6 is 11.6 Å². The minimum atomic E-state index is 0.614. The Balaban J connectivity index is 2.41. The van der Waals surface area contributed by atoms with Crippen LogP contribution in [0.1, 0.15) is 26.7 Å². The van der Waals surface area contributed by atoms with E-state index in [2.05, 4.69) is 30.6 Å². The number of rotatable bonds is 4. The van der Waals surface area contributed by atoms with Gasteiger partial charge in [-0.1, -0.05) is 32.0 Å². The number of nitrogens with zero attached hydrogens (tertiary/aromatic N) is 1. The maximum atomic E-state index is 5.86. The van der Waals surface area contributed by atoms with E-state index >= 15 is 0 Å². The summed E-state index contributed by atoms with van der Waals surface area (Å²) in [5, 5.41) is 4.35. The fraction of sp³-hybridized carbons (Fsp3) is 0.833. The molecule has 0 saturated carbocycles. The molecule has 15 heavy (non-hydrogen) atoms. The molecule has 1 aliphatic heterocycles. The number of hydrogen-bond acceptors (Lipinski definition) is 2. The van der Waals surface area contributed by atoms with Crippen molar-refractivity contribution in [3.8, 4) is 0 Å². The van der Waals surface area contributed by atoms with Crippen LogP contribution in [0.5, 0.6) is 0 Å². The van der Waals surface area contributed by atoms with Gasteiger partial charge in [0.05, 0.1) is 0 Å². The van der Waals surface area contributed by atoms with Gasteiger partial charge >= 0.3 is 0 Å². The molecule has 3 heteroatoms. The van der Waals surface area contributed by atoms with Gasteiger partial charge < -0.3 is 5.32 Å². The third-order valence-corrected chi connectivity index (χ3v) is 2.83. The molecule has 1 fully saturated rings. The van der Waals surface area contributed by atoms with Crippen molar-refractivity contribution in [2.24, 2.45) is 5.92 Å². The standard InChI is InChI=1S/C12H23ClN2/c1-10(2)7-12-9-15(8-11(3)13)6-4-5-14-12/h10,12,14H,3-9H2,1-2H3. The lowest BCUT2D eigenvalue weighted by molar-refractivity contribution is 0.277. The van der Waals surface area contributed by atoms with Crippen molar-refractivity contribution in [1.29, 1.82) is 0 Å². The molecule has 1 atom stereocenters. The molecule has 0 radical (unpaired) electrons. The first-order valence-electron chi connectivity index (χ1n) is 5.87. The first kappa shape index (κ1) is 13.0. The van der Waals surface area contributed by atoms with Crippen molar-refractivity contribution >= 4 is 11.6 Å². The summed E-state index contributed by atoms with van der Waals surface area (Å²) in [5.41, 5.74) is 0. The van der Waals surface area contributed by atoms with Crippen LogP contribution in [0.4, 0.5) is 0 Å². The Morgan fingerprint density at radius 1 is 1.60 bits per heavy atom. The highest BCUT2D eigenvalue weighted by Crippen LogP contribution is 2.11. The molecule has 0 aromatic rings. The van der Waals surface area contributed by atoms with E-state index in [-0.39, 0.29) is 0 Å². The summed E-state index contributed by atoms with van der Waals surface area (Å²) in [4.78, 5) is 2.41. The zero-order valence-corrected chi connectivity index (χ0v) is 10.7. The fourth-order valence-corrected chi connectivity index (χ4v) is 2.36. The minimum absolute atomic E-state index is 0.614. The monoisotopic (exact) mass is 230 g/mol. The van der Waals surface area contributed by atoms with Gasteiger partial charge in [-0.25, -0.2) is 0 Å². The normalized spacial score (nSPS) is 24.1. The summed E-state index contributed by atoms with van der Waals surface area (Å²) in [7, 11) is 0. The maximum absolute atomic E-state index is 5.86. The van der Waals surface area contributed by atoms with Gasteiger partial charge in [0, 0.05) is 24.2 Å². The van der Waals surface area contributed by atoms with Crippen LogP contribution in [0.25, 0.3) is 0 Å². The largest absolute Gasteiger partial charge is 0.313 e. The smallest absolute Gasteiger partial charge is 0.0336 e. The highest BCUT2D eigenvalue weighted by molar-refractivity contribution is 6.29. The predicted molar refractivity (Wildman–Crippen MR) is 67.3 cm³/mol. The van der Waals surface area contributed by atoms with Gasteiger partial charge in [0.2, 0.25) is 0 Å². The zero-order chi connectivity index (χ0) is 11.3. The molecular weight excluding hydrogens is 208 g/mol. The highest BCUT2D eigenvalue weighted by atomic mass is 35.5. The topological polar surface area (TPSA) is 15.3 Å². The van der Waals surface area contributed by atoms with Crippen LogP contribution < -0.4 is 5.32 Å². The van der Waals surface area contributed by atoms with Crippen molar-refractivity contribution in [2.45, 2.75) is 32.7 Å². The fourth-order valence-electron chi connectivity index (χ4n) is 2.19. The van der Waals surface area contributed by atoms with Gasteiger partial charge in [-0.05, 0) is 31.8 Å². The molecule has 1 unspecified atom stereocenters. The Morgan fingerprint density at radius 3 is 2.93 bits per heavy atom. The van der Waals surface area contributed by atoms with Gasteiger partial charge in [-0.3, -0.25) is 4.90 Å². The van der Waals surface area contributed by atoms with Crippen LogP contribution in [-0.4, -0.2) is 37.1 Å². The Morgan fingerprint density at radius 2 is 2.33 bits per heavy atom. The first-order chi connectivity index (χ1) is 7.08. The van der Waals surface area contributed by atoms with Gasteiger partial charge in [-0.2, -0.15) is 0 Å². The van der Waals surface area contributed by atoms with Crippen LogP contribution in [0.2, 0.25) is 0 Å². The quantitative estimate of drug-likeness (QED) is 0.798.